The van der Waals surface area contributed by atoms with E-state index < -0.39 is 10.0 Å². The third-order valence-corrected chi connectivity index (χ3v) is 4.15. The van der Waals surface area contributed by atoms with Gasteiger partial charge in [-0.1, -0.05) is 30.3 Å². The summed E-state index contributed by atoms with van der Waals surface area (Å²) in [6, 6.07) is 13.7. The lowest BCUT2D eigenvalue weighted by atomic mass is 10.2. The Balaban J connectivity index is 2.41. The first kappa shape index (κ1) is 13.4. The fourth-order valence-electron chi connectivity index (χ4n) is 1.73. The van der Waals surface area contributed by atoms with Crippen LogP contribution in [0, 0.1) is 6.92 Å². The summed E-state index contributed by atoms with van der Waals surface area (Å²) < 4.78 is 32.3. The van der Waals surface area contributed by atoms with E-state index in [4.69, 9.17) is 4.74 Å². The Labute approximate surface area is 113 Å². The molecule has 0 aliphatic heterocycles. The minimum atomic E-state index is -3.65. The monoisotopic (exact) mass is 277 g/mol. The van der Waals surface area contributed by atoms with Crippen molar-refractivity contribution in [2.24, 2.45) is 0 Å². The fraction of sp³-hybridized carbons (Fsp3) is 0.143. The number of nitrogens with one attached hydrogen (secondary N) is 1. The maximum Gasteiger partial charge on any atom is 0.265 e. The molecule has 2 aromatic rings. The van der Waals surface area contributed by atoms with E-state index in [2.05, 4.69) is 4.72 Å². The Hall–Kier alpha value is -2.01. The average molecular weight is 277 g/mol. The van der Waals surface area contributed by atoms with Gasteiger partial charge in [0, 0.05) is 0 Å². The molecule has 0 saturated heterocycles. The lowest BCUT2D eigenvalue weighted by Crippen LogP contribution is -2.14. The highest BCUT2D eigenvalue weighted by molar-refractivity contribution is 7.92. The summed E-state index contributed by atoms with van der Waals surface area (Å²) in [4.78, 5) is 0.126. The van der Waals surface area contributed by atoms with Gasteiger partial charge in [0.1, 0.15) is 10.6 Å². The number of rotatable bonds is 4. The van der Waals surface area contributed by atoms with Gasteiger partial charge in [0.2, 0.25) is 0 Å². The molecule has 2 aromatic carbocycles. The minimum absolute atomic E-state index is 0.126. The zero-order chi connectivity index (χ0) is 13.9. The number of aryl methyl sites for hydroxylation is 1. The van der Waals surface area contributed by atoms with Crippen LogP contribution in [0.2, 0.25) is 0 Å². The Morgan fingerprint density at radius 2 is 1.63 bits per heavy atom. The Morgan fingerprint density at radius 3 is 2.32 bits per heavy atom. The van der Waals surface area contributed by atoms with Crippen LogP contribution in [-0.4, -0.2) is 15.5 Å². The van der Waals surface area contributed by atoms with Gasteiger partial charge in [-0.3, -0.25) is 4.72 Å². The van der Waals surface area contributed by atoms with Crippen molar-refractivity contribution in [2.75, 3.05) is 11.8 Å². The lowest BCUT2D eigenvalue weighted by molar-refractivity contribution is 0.403. The van der Waals surface area contributed by atoms with Crippen molar-refractivity contribution in [3.8, 4) is 5.75 Å². The highest BCUT2D eigenvalue weighted by atomic mass is 32.2. The van der Waals surface area contributed by atoms with E-state index in [1.807, 2.05) is 19.1 Å². The Morgan fingerprint density at radius 1 is 1.00 bits per heavy atom. The average Bonchev–Trinajstić information content (AvgIpc) is 2.41. The van der Waals surface area contributed by atoms with Gasteiger partial charge >= 0.3 is 0 Å². The molecule has 0 aromatic heterocycles. The molecule has 2 rings (SSSR count). The summed E-state index contributed by atoms with van der Waals surface area (Å²) in [5.74, 6) is 0.323. The van der Waals surface area contributed by atoms with Crippen LogP contribution in [0.4, 0.5) is 5.69 Å². The summed E-state index contributed by atoms with van der Waals surface area (Å²) in [6.07, 6.45) is 0. The van der Waals surface area contributed by atoms with Crippen molar-refractivity contribution in [1.82, 2.24) is 0 Å². The number of ether oxygens (including phenoxy) is 1. The molecule has 0 fully saturated rings. The van der Waals surface area contributed by atoms with E-state index in [1.54, 1.807) is 30.3 Å². The van der Waals surface area contributed by atoms with E-state index in [0.717, 1.165) is 5.56 Å². The molecule has 100 valence electrons. The third kappa shape index (κ3) is 2.88. The smallest absolute Gasteiger partial charge is 0.265 e. The first-order valence-corrected chi connectivity index (χ1v) is 7.24. The van der Waals surface area contributed by atoms with Crippen LogP contribution in [0.5, 0.6) is 5.75 Å². The van der Waals surface area contributed by atoms with Crippen molar-refractivity contribution in [3.05, 3.63) is 54.1 Å². The molecule has 19 heavy (non-hydrogen) atoms. The quantitative estimate of drug-likeness (QED) is 0.935. The molecule has 0 aliphatic carbocycles. The fourth-order valence-corrected chi connectivity index (χ4v) is 3.03. The van der Waals surface area contributed by atoms with Crippen LogP contribution in [0.25, 0.3) is 0 Å². The molecule has 0 unspecified atom stereocenters. The van der Waals surface area contributed by atoms with Gasteiger partial charge in [-0.2, -0.15) is 0 Å². The van der Waals surface area contributed by atoms with E-state index in [1.165, 1.54) is 13.2 Å². The number of benzene rings is 2. The second-order valence-electron chi connectivity index (χ2n) is 4.07. The van der Waals surface area contributed by atoms with E-state index in [-0.39, 0.29) is 4.90 Å². The summed E-state index contributed by atoms with van der Waals surface area (Å²) in [6.45, 7) is 1.85. The first-order valence-electron chi connectivity index (χ1n) is 5.76. The van der Waals surface area contributed by atoms with E-state index in [9.17, 15) is 8.42 Å². The van der Waals surface area contributed by atoms with Crippen LogP contribution in [0.1, 0.15) is 5.56 Å². The topological polar surface area (TPSA) is 55.4 Å². The number of para-hydroxylation sites is 2. The third-order valence-electron chi connectivity index (χ3n) is 2.75. The zero-order valence-electron chi connectivity index (χ0n) is 10.8. The highest BCUT2D eigenvalue weighted by Gasteiger charge is 2.19. The molecule has 0 spiro atoms. The highest BCUT2D eigenvalue weighted by Crippen LogP contribution is 2.26. The largest absolute Gasteiger partial charge is 0.495 e. The minimum Gasteiger partial charge on any atom is -0.495 e. The van der Waals surface area contributed by atoms with Crippen LogP contribution in [-0.2, 0) is 10.0 Å². The van der Waals surface area contributed by atoms with E-state index >= 15 is 0 Å². The van der Waals surface area contributed by atoms with Gasteiger partial charge in [0.25, 0.3) is 10.0 Å². The van der Waals surface area contributed by atoms with Gasteiger partial charge < -0.3 is 4.74 Å². The van der Waals surface area contributed by atoms with Gasteiger partial charge in [-0.25, -0.2) is 8.42 Å². The van der Waals surface area contributed by atoms with Crippen molar-refractivity contribution >= 4 is 15.7 Å². The van der Waals surface area contributed by atoms with Gasteiger partial charge in [-0.05, 0) is 30.7 Å². The maximum absolute atomic E-state index is 12.3. The van der Waals surface area contributed by atoms with Crippen molar-refractivity contribution in [2.45, 2.75) is 11.8 Å². The maximum atomic E-state index is 12.3. The molecular formula is C14H15NO3S. The molecular weight excluding hydrogens is 262 g/mol. The summed E-state index contributed by atoms with van der Waals surface area (Å²) >= 11 is 0. The number of sulfonamides is 1. The van der Waals surface area contributed by atoms with E-state index in [0.29, 0.717) is 11.4 Å². The molecule has 0 amide bonds. The van der Waals surface area contributed by atoms with Crippen LogP contribution in [0.3, 0.4) is 0 Å². The molecule has 0 atom stereocenters. The summed E-state index contributed by atoms with van der Waals surface area (Å²) in [5.41, 5.74) is 1.43. The van der Waals surface area contributed by atoms with Gasteiger partial charge in [-0.15, -0.1) is 0 Å². The van der Waals surface area contributed by atoms with Crippen molar-refractivity contribution in [3.63, 3.8) is 0 Å². The van der Waals surface area contributed by atoms with Crippen LogP contribution >= 0.6 is 0 Å². The second kappa shape index (κ2) is 5.32. The zero-order valence-corrected chi connectivity index (χ0v) is 11.6. The number of hydrogen-bond acceptors (Lipinski definition) is 3. The number of anilines is 1. The lowest BCUT2D eigenvalue weighted by Gasteiger charge is -2.12. The normalized spacial score (nSPS) is 11.1. The number of methoxy groups -OCH3 is 1. The SMILES string of the molecule is COc1ccccc1S(=O)(=O)Nc1ccccc1C. The molecule has 0 radical (unpaired) electrons. The van der Waals surface area contributed by atoms with Gasteiger partial charge in [0.05, 0.1) is 12.8 Å². The summed E-state index contributed by atoms with van der Waals surface area (Å²) in [5, 5.41) is 0. The Bertz CT molecular complexity index is 681. The standard InChI is InChI=1S/C14H15NO3S/c1-11-7-3-4-8-12(11)15-19(16,17)14-10-6-5-9-13(14)18-2/h3-10,15H,1-2H3. The predicted octanol–water partition coefficient (Wildman–Crippen LogP) is 2.80. The molecule has 5 heteroatoms. The number of hydrogen-bond donors (Lipinski definition) is 1. The molecule has 0 bridgehead atoms. The molecule has 0 heterocycles. The van der Waals surface area contributed by atoms with Crippen molar-refractivity contribution in [1.29, 1.82) is 0 Å². The molecule has 4 nitrogen and oxygen atoms in total. The Kier molecular flexibility index (Phi) is 3.76. The molecule has 0 aliphatic rings. The van der Waals surface area contributed by atoms with Crippen LogP contribution in [0.15, 0.2) is 53.4 Å². The first-order chi connectivity index (χ1) is 9.04. The van der Waals surface area contributed by atoms with Crippen molar-refractivity contribution < 1.29 is 13.2 Å². The molecule has 0 saturated carbocycles. The second-order valence-corrected chi connectivity index (χ2v) is 5.72. The van der Waals surface area contributed by atoms with Gasteiger partial charge in [0.15, 0.2) is 0 Å². The summed E-state index contributed by atoms with van der Waals surface area (Å²) in [7, 11) is -2.21. The molecule has 1 N–H and O–H groups in total. The van der Waals surface area contributed by atoms with Crippen LogP contribution < -0.4 is 9.46 Å². The predicted molar refractivity (Wildman–Crippen MR) is 75.0 cm³/mol.